The second kappa shape index (κ2) is 4.13. The lowest BCUT2D eigenvalue weighted by molar-refractivity contribution is 0.0697. The summed E-state index contributed by atoms with van der Waals surface area (Å²) in [6.07, 6.45) is 0. The molecule has 0 saturated carbocycles. The van der Waals surface area contributed by atoms with Gasteiger partial charge in [-0.1, -0.05) is 4.49 Å². The molecule has 0 fully saturated rings. The Kier molecular flexibility index (Phi) is 2.56. The van der Waals surface area contributed by atoms with Crippen LogP contribution in [0.2, 0.25) is 0 Å². The Hall–Kier alpha value is -2.28. The first-order valence-corrected chi connectivity index (χ1v) is 6.34. The monoisotopic (exact) mass is 274 g/mol. The molecule has 0 radical (unpaired) electrons. The predicted octanol–water partition coefficient (Wildman–Crippen LogP) is 2.10. The standard InChI is InChI=1S/C12H10N4O2S/c1-6-10(19-15-14-6)11-13-8-5-7(12(17)18)3-4-9(8)16(11)2/h3-5H,1-2H3,(H,17,18). The minimum Gasteiger partial charge on any atom is -0.478 e. The number of aromatic nitrogens is 4. The Balaban J connectivity index is 2.26. The number of rotatable bonds is 2. The van der Waals surface area contributed by atoms with Crippen molar-refractivity contribution in [2.24, 2.45) is 7.05 Å². The summed E-state index contributed by atoms with van der Waals surface area (Å²) in [6.45, 7) is 1.88. The van der Waals surface area contributed by atoms with Crippen LogP contribution in [0.4, 0.5) is 0 Å². The van der Waals surface area contributed by atoms with E-state index in [1.54, 1.807) is 18.2 Å². The molecule has 0 aliphatic heterocycles. The van der Waals surface area contributed by atoms with E-state index >= 15 is 0 Å². The Labute approximate surface area is 112 Å². The summed E-state index contributed by atoms with van der Waals surface area (Å²) in [5.74, 6) is -0.199. The number of benzene rings is 1. The van der Waals surface area contributed by atoms with Crippen LogP contribution in [0, 0.1) is 6.92 Å². The molecule has 2 aromatic heterocycles. The summed E-state index contributed by atoms with van der Waals surface area (Å²) >= 11 is 1.28. The molecule has 0 bridgehead atoms. The second-order valence-corrected chi connectivity index (χ2v) is 4.94. The van der Waals surface area contributed by atoms with Crippen LogP contribution in [0.5, 0.6) is 0 Å². The van der Waals surface area contributed by atoms with Crippen LogP contribution in [-0.2, 0) is 7.05 Å². The van der Waals surface area contributed by atoms with Gasteiger partial charge in [-0.2, -0.15) is 0 Å². The molecule has 6 nitrogen and oxygen atoms in total. The molecule has 0 amide bonds. The highest BCUT2D eigenvalue weighted by atomic mass is 32.1. The van der Waals surface area contributed by atoms with E-state index in [0.29, 0.717) is 5.52 Å². The number of aryl methyl sites for hydroxylation is 2. The molecule has 0 atom stereocenters. The van der Waals surface area contributed by atoms with Crippen molar-refractivity contribution in [1.29, 1.82) is 0 Å². The molecule has 1 aromatic carbocycles. The van der Waals surface area contributed by atoms with E-state index < -0.39 is 5.97 Å². The second-order valence-electron chi connectivity index (χ2n) is 4.19. The zero-order valence-electron chi connectivity index (χ0n) is 10.3. The third-order valence-corrected chi connectivity index (χ3v) is 3.81. The lowest BCUT2D eigenvalue weighted by atomic mass is 10.2. The molecule has 19 heavy (non-hydrogen) atoms. The van der Waals surface area contributed by atoms with Gasteiger partial charge >= 0.3 is 5.97 Å². The zero-order valence-corrected chi connectivity index (χ0v) is 11.1. The van der Waals surface area contributed by atoms with Gasteiger partial charge in [0, 0.05) is 7.05 Å². The van der Waals surface area contributed by atoms with Crippen LogP contribution in [0.15, 0.2) is 18.2 Å². The maximum atomic E-state index is 11.0. The molecule has 0 spiro atoms. The Morgan fingerprint density at radius 2 is 2.21 bits per heavy atom. The number of fused-ring (bicyclic) bond motifs is 1. The van der Waals surface area contributed by atoms with Crippen molar-refractivity contribution in [2.45, 2.75) is 6.92 Å². The van der Waals surface area contributed by atoms with E-state index in [1.165, 1.54) is 11.5 Å². The van der Waals surface area contributed by atoms with Crippen LogP contribution in [-0.4, -0.2) is 30.2 Å². The van der Waals surface area contributed by atoms with Crippen LogP contribution in [0.3, 0.4) is 0 Å². The number of hydrogen-bond acceptors (Lipinski definition) is 5. The highest BCUT2D eigenvalue weighted by Crippen LogP contribution is 2.28. The smallest absolute Gasteiger partial charge is 0.335 e. The first-order chi connectivity index (χ1) is 9.08. The van der Waals surface area contributed by atoms with Gasteiger partial charge in [0.25, 0.3) is 0 Å². The van der Waals surface area contributed by atoms with Gasteiger partial charge in [0.1, 0.15) is 4.88 Å². The topological polar surface area (TPSA) is 80.9 Å². The molecule has 0 unspecified atom stereocenters. The average molecular weight is 274 g/mol. The summed E-state index contributed by atoms with van der Waals surface area (Å²) in [6, 6.07) is 4.91. The Morgan fingerprint density at radius 1 is 1.42 bits per heavy atom. The van der Waals surface area contributed by atoms with E-state index in [9.17, 15) is 4.79 Å². The van der Waals surface area contributed by atoms with Gasteiger partial charge < -0.3 is 9.67 Å². The molecule has 2 heterocycles. The van der Waals surface area contributed by atoms with Crippen LogP contribution >= 0.6 is 11.5 Å². The predicted molar refractivity (Wildman–Crippen MR) is 71.3 cm³/mol. The van der Waals surface area contributed by atoms with Crippen molar-refractivity contribution in [2.75, 3.05) is 0 Å². The molecule has 3 aromatic rings. The first kappa shape index (κ1) is 11.8. The number of imidazole rings is 1. The summed E-state index contributed by atoms with van der Waals surface area (Å²) in [4.78, 5) is 16.4. The van der Waals surface area contributed by atoms with Gasteiger partial charge in [0.15, 0.2) is 5.82 Å². The molecule has 7 heteroatoms. The SMILES string of the molecule is Cc1nnsc1-c1nc2cc(C(=O)O)ccc2n1C. The number of aromatic carboxylic acids is 1. The molecule has 0 aliphatic carbocycles. The van der Waals surface area contributed by atoms with Gasteiger partial charge in [0.05, 0.1) is 22.3 Å². The molecule has 96 valence electrons. The minimum absolute atomic E-state index is 0.233. The fourth-order valence-corrected chi connectivity index (χ4v) is 2.65. The molecular formula is C12H10N4O2S. The summed E-state index contributed by atoms with van der Waals surface area (Å²) < 4.78 is 5.82. The third-order valence-electron chi connectivity index (χ3n) is 2.98. The first-order valence-electron chi connectivity index (χ1n) is 5.57. The van der Waals surface area contributed by atoms with E-state index in [4.69, 9.17) is 5.11 Å². The lowest BCUT2D eigenvalue weighted by Crippen LogP contribution is -1.95. The van der Waals surface area contributed by atoms with Crippen molar-refractivity contribution in [1.82, 2.24) is 19.1 Å². The van der Waals surface area contributed by atoms with E-state index in [1.807, 2.05) is 18.5 Å². The molecule has 0 saturated heterocycles. The molecular weight excluding hydrogens is 264 g/mol. The maximum Gasteiger partial charge on any atom is 0.335 e. The highest BCUT2D eigenvalue weighted by molar-refractivity contribution is 7.09. The van der Waals surface area contributed by atoms with Gasteiger partial charge in [-0.3, -0.25) is 0 Å². The van der Waals surface area contributed by atoms with Crippen LogP contribution < -0.4 is 0 Å². The van der Waals surface area contributed by atoms with Crippen LogP contribution in [0.25, 0.3) is 21.7 Å². The van der Waals surface area contributed by atoms with Crippen molar-refractivity contribution in [3.8, 4) is 10.7 Å². The lowest BCUT2D eigenvalue weighted by Gasteiger charge is -1.99. The van der Waals surface area contributed by atoms with Crippen molar-refractivity contribution >= 4 is 28.5 Å². The summed E-state index contributed by atoms with van der Waals surface area (Å²) in [5.41, 5.74) is 2.59. The fourth-order valence-electron chi connectivity index (χ4n) is 1.97. The summed E-state index contributed by atoms with van der Waals surface area (Å²) in [5, 5.41) is 13.0. The number of carbonyl (C=O) groups is 1. The van der Waals surface area contributed by atoms with Crippen LogP contribution in [0.1, 0.15) is 16.1 Å². The van der Waals surface area contributed by atoms with E-state index in [2.05, 4.69) is 14.6 Å². The molecule has 0 aliphatic rings. The van der Waals surface area contributed by atoms with Gasteiger partial charge in [-0.05, 0) is 36.7 Å². The molecule has 1 N–H and O–H groups in total. The number of carboxylic acids is 1. The van der Waals surface area contributed by atoms with Gasteiger partial charge in [0.2, 0.25) is 0 Å². The van der Waals surface area contributed by atoms with Crippen molar-refractivity contribution in [3.63, 3.8) is 0 Å². The van der Waals surface area contributed by atoms with Gasteiger partial charge in [-0.25, -0.2) is 9.78 Å². The molecule has 3 rings (SSSR count). The zero-order chi connectivity index (χ0) is 13.6. The quantitative estimate of drug-likeness (QED) is 0.774. The normalized spacial score (nSPS) is 11.1. The Morgan fingerprint density at radius 3 is 2.84 bits per heavy atom. The van der Waals surface area contributed by atoms with E-state index in [-0.39, 0.29) is 5.56 Å². The Bertz CT molecular complexity index is 790. The average Bonchev–Trinajstić information content (AvgIpc) is 2.93. The third kappa shape index (κ3) is 1.78. The summed E-state index contributed by atoms with van der Waals surface area (Å²) in [7, 11) is 1.89. The highest BCUT2D eigenvalue weighted by Gasteiger charge is 2.16. The maximum absolute atomic E-state index is 11.0. The van der Waals surface area contributed by atoms with E-state index in [0.717, 1.165) is 21.9 Å². The van der Waals surface area contributed by atoms with Crippen molar-refractivity contribution in [3.05, 3.63) is 29.5 Å². The van der Waals surface area contributed by atoms with Crippen molar-refractivity contribution < 1.29 is 9.90 Å². The number of hydrogen-bond donors (Lipinski definition) is 1. The minimum atomic E-state index is -0.954. The fraction of sp³-hybridized carbons (Fsp3) is 0.167. The number of nitrogens with zero attached hydrogens (tertiary/aromatic N) is 4. The van der Waals surface area contributed by atoms with Gasteiger partial charge in [-0.15, -0.1) is 5.10 Å². The number of carboxylic acid groups (broad SMARTS) is 1. The largest absolute Gasteiger partial charge is 0.478 e.